The first-order valence-electron chi connectivity index (χ1n) is 12.8. The van der Waals surface area contributed by atoms with Gasteiger partial charge in [0.25, 0.3) is 0 Å². The van der Waals surface area contributed by atoms with Crippen molar-refractivity contribution in [1.82, 2.24) is 0 Å². The zero-order chi connectivity index (χ0) is 23.9. The molecule has 4 heteroatoms. The smallest absolute Gasteiger partial charge is 0.339 e. The van der Waals surface area contributed by atoms with Crippen LogP contribution >= 0.6 is 0 Å². The van der Waals surface area contributed by atoms with E-state index in [1.807, 2.05) is 12.1 Å². The fraction of sp³-hybridized carbons (Fsp3) is 0.714. The second-order valence-electron chi connectivity index (χ2n) is 9.63. The predicted molar refractivity (Wildman–Crippen MR) is 132 cm³/mol. The first-order valence-corrected chi connectivity index (χ1v) is 12.8. The normalized spacial score (nSPS) is 11.2. The van der Waals surface area contributed by atoms with Crippen molar-refractivity contribution in [2.75, 3.05) is 13.2 Å². The summed E-state index contributed by atoms with van der Waals surface area (Å²) in [5, 5.41) is 0. The Morgan fingerprint density at radius 3 is 1.34 bits per heavy atom. The second kappa shape index (κ2) is 15.9. The molecule has 4 nitrogen and oxygen atoms in total. The number of hydrogen-bond acceptors (Lipinski definition) is 4. The van der Waals surface area contributed by atoms with Crippen molar-refractivity contribution in [3.8, 4) is 0 Å². The van der Waals surface area contributed by atoms with E-state index in [1.54, 1.807) is 0 Å². The van der Waals surface area contributed by atoms with Gasteiger partial charge in [-0.05, 0) is 60.8 Å². The lowest BCUT2D eigenvalue weighted by atomic mass is 9.95. The van der Waals surface area contributed by atoms with Crippen LogP contribution in [0.1, 0.15) is 125 Å². The van der Waals surface area contributed by atoms with Crippen molar-refractivity contribution in [2.45, 2.75) is 106 Å². The second-order valence-corrected chi connectivity index (χ2v) is 9.63. The number of esters is 2. The highest BCUT2D eigenvalue weighted by atomic mass is 16.5. The van der Waals surface area contributed by atoms with E-state index < -0.39 is 11.9 Å². The Kier molecular flexibility index (Phi) is 14.0. The Labute approximate surface area is 196 Å². The van der Waals surface area contributed by atoms with Gasteiger partial charge < -0.3 is 9.47 Å². The number of unbranched alkanes of at least 4 members (excludes halogenated alkanes) is 4. The highest BCUT2D eigenvalue weighted by Gasteiger charge is 2.22. The maximum atomic E-state index is 12.8. The minimum Gasteiger partial charge on any atom is -0.462 e. The summed E-state index contributed by atoms with van der Waals surface area (Å²) in [7, 11) is 0. The lowest BCUT2D eigenvalue weighted by molar-refractivity contribution is 0.0450. The fourth-order valence-corrected chi connectivity index (χ4v) is 3.83. The molecule has 0 saturated heterocycles. The van der Waals surface area contributed by atoms with Crippen LogP contribution in [-0.2, 0) is 22.3 Å². The van der Waals surface area contributed by atoms with Gasteiger partial charge in [0.1, 0.15) is 0 Å². The number of rotatable bonds is 16. The van der Waals surface area contributed by atoms with Gasteiger partial charge in [-0.2, -0.15) is 0 Å². The van der Waals surface area contributed by atoms with E-state index in [1.165, 1.54) is 12.8 Å². The minimum atomic E-state index is -0.421. The molecule has 0 amide bonds. The Morgan fingerprint density at radius 2 is 1.03 bits per heavy atom. The molecule has 0 atom stereocenters. The van der Waals surface area contributed by atoms with Crippen molar-refractivity contribution in [2.24, 2.45) is 11.8 Å². The number of ether oxygens (including phenoxy) is 2. The molecule has 0 spiro atoms. The number of carbonyl (C=O) groups is 2. The van der Waals surface area contributed by atoms with Crippen molar-refractivity contribution in [1.29, 1.82) is 0 Å². The molecule has 0 heterocycles. The Hall–Kier alpha value is -1.84. The minimum absolute atomic E-state index is 0.339. The van der Waals surface area contributed by atoms with Crippen LogP contribution in [0.3, 0.4) is 0 Å². The monoisotopic (exact) mass is 446 g/mol. The van der Waals surface area contributed by atoms with E-state index in [9.17, 15) is 9.59 Å². The van der Waals surface area contributed by atoms with Crippen LogP contribution in [0.25, 0.3) is 0 Å². The summed E-state index contributed by atoms with van der Waals surface area (Å²) in [5.74, 6) is 0.557. The van der Waals surface area contributed by atoms with E-state index >= 15 is 0 Å². The van der Waals surface area contributed by atoms with Crippen molar-refractivity contribution in [3.05, 3.63) is 34.4 Å². The molecule has 32 heavy (non-hydrogen) atoms. The number of benzene rings is 1. The molecule has 0 fully saturated rings. The molecule has 1 rings (SSSR count). The van der Waals surface area contributed by atoms with Gasteiger partial charge in [0.05, 0.1) is 24.3 Å². The van der Waals surface area contributed by atoms with E-state index in [4.69, 9.17) is 9.47 Å². The molecule has 0 aromatic heterocycles. The summed E-state index contributed by atoms with van der Waals surface area (Å²) in [6, 6.07) is 3.66. The summed E-state index contributed by atoms with van der Waals surface area (Å²) < 4.78 is 11.1. The third kappa shape index (κ3) is 10.7. The summed E-state index contributed by atoms with van der Waals surface area (Å²) in [4.78, 5) is 25.7. The van der Waals surface area contributed by atoms with Gasteiger partial charge in [-0.15, -0.1) is 0 Å². The highest BCUT2D eigenvalue weighted by Crippen LogP contribution is 2.21. The third-order valence-electron chi connectivity index (χ3n) is 5.86. The largest absolute Gasteiger partial charge is 0.462 e. The molecule has 1 aromatic carbocycles. The van der Waals surface area contributed by atoms with E-state index in [2.05, 4.69) is 41.5 Å². The zero-order valence-electron chi connectivity index (χ0n) is 21.4. The fourth-order valence-electron chi connectivity index (χ4n) is 3.83. The standard InChI is InChI=1S/C28H46O4/c1-7-23-19-25(27(29)31-17-13-9-11-15-21(3)4)26(20-24(23)8-2)28(30)32-18-14-10-12-16-22(5)6/h19-22H,7-18H2,1-6H3. The summed E-state index contributed by atoms with van der Waals surface area (Å²) in [5.41, 5.74) is 2.85. The summed E-state index contributed by atoms with van der Waals surface area (Å²) in [6.45, 7) is 13.8. The first-order chi connectivity index (χ1) is 15.3. The van der Waals surface area contributed by atoms with Crippen LogP contribution < -0.4 is 0 Å². The van der Waals surface area contributed by atoms with Gasteiger partial charge in [0.15, 0.2) is 0 Å². The molecule has 0 aliphatic heterocycles. The van der Waals surface area contributed by atoms with Gasteiger partial charge in [0.2, 0.25) is 0 Å². The average Bonchev–Trinajstić information content (AvgIpc) is 2.76. The van der Waals surface area contributed by atoms with Crippen molar-refractivity contribution >= 4 is 11.9 Å². The number of hydrogen-bond donors (Lipinski definition) is 0. The van der Waals surface area contributed by atoms with Crippen molar-refractivity contribution < 1.29 is 19.1 Å². The summed E-state index contributed by atoms with van der Waals surface area (Å²) in [6.07, 6.45) is 10.1. The SMILES string of the molecule is CCc1cc(C(=O)OCCCCCC(C)C)c(C(=O)OCCCCCC(C)C)cc1CC. The quantitative estimate of drug-likeness (QED) is 0.194. The molecule has 0 unspecified atom stereocenters. The van der Waals surface area contributed by atoms with Gasteiger partial charge in [-0.3, -0.25) is 0 Å². The molecule has 0 aliphatic rings. The van der Waals surface area contributed by atoms with Gasteiger partial charge in [0, 0.05) is 0 Å². The van der Waals surface area contributed by atoms with Crippen LogP contribution in [-0.4, -0.2) is 25.2 Å². The van der Waals surface area contributed by atoms with Crippen LogP contribution in [0, 0.1) is 11.8 Å². The Bertz CT molecular complexity index is 632. The van der Waals surface area contributed by atoms with Crippen LogP contribution in [0.2, 0.25) is 0 Å². The molecular formula is C28H46O4. The number of carbonyl (C=O) groups excluding carboxylic acids is 2. The lowest BCUT2D eigenvalue weighted by Gasteiger charge is -2.14. The van der Waals surface area contributed by atoms with Crippen LogP contribution in [0.15, 0.2) is 12.1 Å². The molecule has 182 valence electrons. The topological polar surface area (TPSA) is 52.6 Å². The molecule has 0 radical (unpaired) electrons. The van der Waals surface area contributed by atoms with E-state index in [0.29, 0.717) is 36.2 Å². The summed E-state index contributed by atoms with van der Waals surface area (Å²) >= 11 is 0. The maximum absolute atomic E-state index is 12.8. The van der Waals surface area contributed by atoms with Crippen LogP contribution in [0.4, 0.5) is 0 Å². The van der Waals surface area contributed by atoms with E-state index in [0.717, 1.165) is 62.5 Å². The average molecular weight is 447 g/mol. The van der Waals surface area contributed by atoms with Gasteiger partial charge >= 0.3 is 11.9 Å². The first kappa shape index (κ1) is 28.2. The molecule has 0 saturated carbocycles. The van der Waals surface area contributed by atoms with Gasteiger partial charge in [-0.25, -0.2) is 9.59 Å². The third-order valence-corrected chi connectivity index (χ3v) is 5.86. The Balaban J connectivity index is 2.75. The van der Waals surface area contributed by atoms with E-state index in [-0.39, 0.29) is 0 Å². The zero-order valence-corrected chi connectivity index (χ0v) is 21.4. The predicted octanol–water partition coefficient (Wildman–Crippen LogP) is 7.56. The Morgan fingerprint density at radius 1 is 0.656 bits per heavy atom. The molecule has 0 aliphatic carbocycles. The van der Waals surface area contributed by atoms with Crippen molar-refractivity contribution in [3.63, 3.8) is 0 Å². The maximum Gasteiger partial charge on any atom is 0.339 e. The number of aryl methyl sites for hydroxylation is 2. The van der Waals surface area contributed by atoms with Crippen LogP contribution in [0.5, 0.6) is 0 Å². The lowest BCUT2D eigenvalue weighted by Crippen LogP contribution is -2.16. The molecule has 1 aromatic rings. The molecular weight excluding hydrogens is 400 g/mol. The highest BCUT2D eigenvalue weighted by molar-refractivity contribution is 6.03. The molecule has 0 bridgehead atoms. The molecule has 0 N–H and O–H groups in total. The van der Waals surface area contributed by atoms with Gasteiger partial charge in [-0.1, -0.05) is 80.1 Å².